The van der Waals surface area contributed by atoms with Crippen LogP contribution >= 0.6 is 27.5 Å². The Labute approximate surface area is 162 Å². The number of nitrogens with zero attached hydrogens (tertiary/aromatic N) is 1. The summed E-state index contributed by atoms with van der Waals surface area (Å²) in [7, 11) is 0. The van der Waals surface area contributed by atoms with Crippen LogP contribution in [0.25, 0.3) is 17.4 Å². The van der Waals surface area contributed by atoms with Gasteiger partial charge in [0, 0.05) is 21.7 Å². The topological polar surface area (TPSA) is 73.3 Å². The van der Waals surface area contributed by atoms with Crippen molar-refractivity contribution in [3.63, 3.8) is 0 Å². The Morgan fingerprint density at radius 3 is 2.54 bits per heavy atom. The van der Waals surface area contributed by atoms with E-state index < -0.39 is 4.92 Å². The van der Waals surface area contributed by atoms with Crippen LogP contribution in [-0.2, 0) is 0 Å². The van der Waals surface area contributed by atoms with Crippen LogP contribution in [0.3, 0.4) is 0 Å². The summed E-state index contributed by atoms with van der Waals surface area (Å²) in [5.41, 5.74) is 0.896. The van der Waals surface area contributed by atoms with Crippen LogP contribution < -0.4 is 0 Å². The lowest BCUT2D eigenvalue weighted by Crippen LogP contribution is -1.92. The summed E-state index contributed by atoms with van der Waals surface area (Å²) in [6, 6.07) is 14.8. The van der Waals surface area contributed by atoms with E-state index in [1.54, 1.807) is 48.5 Å². The van der Waals surface area contributed by atoms with Crippen LogP contribution in [0.15, 0.2) is 69.6 Å². The first-order valence-electron chi connectivity index (χ1n) is 7.46. The number of rotatable bonds is 5. The predicted molar refractivity (Wildman–Crippen MR) is 103 cm³/mol. The van der Waals surface area contributed by atoms with E-state index in [-0.39, 0.29) is 16.5 Å². The number of hydrogen-bond acceptors (Lipinski definition) is 4. The Morgan fingerprint density at radius 2 is 1.85 bits per heavy atom. The number of benzene rings is 2. The molecular formula is C19H11BrClNO4. The second-order valence-corrected chi connectivity index (χ2v) is 6.65. The van der Waals surface area contributed by atoms with E-state index in [0.717, 1.165) is 4.47 Å². The molecule has 0 aliphatic rings. The molecule has 0 atom stereocenters. The molecule has 0 aliphatic carbocycles. The number of nitro groups is 1. The number of ketones is 1. The van der Waals surface area contributed by atoms with Gasteiger partial charge in [0.2, 0.25) is 0 Å². The first-order chi connectivity index (χ1) is 12.4. The third-order valence-corrected chi connectivity index (χ3v) is 4.43. The van der Waals surface area contributed by atoms with Crippen molar-refractivity contribution < 1.29 is 14.1 Å². The smallest absolute Gasteiger partial charge is 0.288 e. The third-order valence-electron chi connectivity index (χ3n) is 3.58. The SMILES string of the molecule is O=C(C=Cc1ccc(-c2ccc(Cl)c([N+](=O)[O-])c2)o1)c1ccc(Br)cc1. The van der Waals surface area contributed by atoms with Crippen molar-refractivity contribution in [2.75, 3.05) is 0 Å². The molecule has 0 saturated heterocycles. The number of allylic oxidation sites excluding steroid dienone is 1. The van der Waals surface area contributed by atoms with Crippen LogP contribution in [0.2, 0.25) is 5.02 Å². The molecule has 2 aromatic carbocycles. The molecule has 1 heterocycles. The van der Waals surface area contributed by atoms with E-state index >= 15 is 0 Å². The summed E-state index contributed by atoms with van der Waals surface area (Å²) >= 11 is 9.13. The van der Waals surface area contributed by atoms with Crippen LogP contribution in [-0.4, -0.2) is 10.7 Å². The molecule has 0 bridgehead atoms. The monoisotopic (exact) mass is 431 g/mol. The van der Waals surface area contributed by atoms with Crippen LogP contribution in [0.5, 0.6) is 0 Å². The highest BCUT2D eigenvalue weighted by molar-refractivity contribution is 9.10. The highest BCUT2D eigenvalue weighted by Gasteiger charge is 2.15. The molecule has 0 aliphatic heterocycles. The molecule has 130 valence electrons. The van der Waals surface area contributed by atoms with Gasteiger partial charge in [0.1, 0.15) is 16.5 Å². The van der Waals surface area contributed by atoms with Gasteiger partial charge in [-0.25, -0.2) is 0 Å². The maximum absolute atomic E-state index is 12.1. The average Bonchev–Trinajstić information content (AvgIpc) is 3.09. The van der Waals surface area contributed by atoms with Crippen LogP contribution in [0, 0.1) is 10.1 Å². The van der Waals surface area contributed by atoms with E-state index in [0.29, 0.717) is 22.6 Å². The lowest BCUT2D eigenvalue weighted by Gasteiger charge is -1.99. The van der Waals surface area contributed by atoms with Crippen molar-refractivity contribution in [2.24, 2.45) is 0 Å². The molecule has 0 fully saturated rings. The molecule has 5 nitrogen and oxygen atoms in total. The molecular weight excluding hydrogens is 422 g/mol. The van der Waals surface area contributed by atoms with Crippen molar-refractivity contribution in [2.45, 2.75) is 0 Å². The predicted octanol–water partition coefficient (Wildman–Crippen LogP) is 6.17. The number of nitro benzene ring substituents is 1. The standard InChI is InChI=1S/C19H11BrClNO4/c20-14-4-1-12(2-5-14)18(23)9-6-15-7-10-19(26-15)13-3-8-16(21)17(11-13)22(24)25/h1-11H. The minimum atomic E-state index is -0.549. The zero-order valence-corrected chi connectivity index (χ0v) is 15.5. The zero-order chi connectivity index (χ0) is 18.7. The fourth-order valence-electron chi connectivity index (χ4n) is 2.27. The normalized spacial score (nSPS) is 11.0. The lowest BCUT2D eigenvalue weighted by atomic mass is 10.1. The summed E-state index contributed by atoms with van der Waals surface area (Å²) in [5.74, 6) is 0.751. The van der Waals surface area contributed by atoms with Gasteiger partial charge in [-0.15, -0.1) is 0 Å². The Kier molecular flexibility index (Phi) is 5.35. The summed E-state index contributed by atoms with van der Waals surface area (Å²) in [5, 5.41) is 11.0. The Balaban J connectivity index is 1.80. The number of carbonyl (C=O) groups is 1. The van der Waals surface area contributed by atoms with Crippen molar-refractivity contribution >= 4 is 45.1 Å². The second kappa shape index (κ2) is 7.68. The van der Waals surface area contributed by atoms with Crippen molar-refractivity contribution in [3.05, 3.63) is 91.6 Å². The van der Waals surface area contributed by atoms with Crippen molar-refractivity contribution in [1.82, 2.24) is 0 Å². The summed E-state index contributed by atoms with van der Waals surface area (Å²) in [6.07, 6.45) is 2.97. The molecule has 0 amide bonds. The fraction of sp³-hybridized carbons (Fsp3) is 0. The number of carbonyl (C=O) groups excluding carboxylic acids is 1. The van der Waals surface area contributed by atoms with Crippen LogP contribution in [0.4, 0.5) is 5.69 Å². The third kappa shape index (κ3) is 4.09. The van der Waals surface area contributed by atoms with E-state index in [1.165, 1.54) is 18.2 Å². The zero-order valence-electron chi connectivity index (χ0n) is 13.2. The molecule has 0 N–H and O–H groups in total. The highest BCUT2D eigenvalue weighted by atomic mass is 79.9. The number of halogens is 2. The van der Waals surface area contributed by atoms with E-state index in [2.05, 4.69) is 15.9 Å². The minimum absolute atomic E-state index is 0.0607. The quantitative estimate of drug-likeness (QED) is 0.209. The first-order valence-corrected chi connectivity index (χ1v) is 8.63. The number of furan rings is 1. The van der Waals surface area contributed by atoms with Gasteiger partial charge < -0.3 is 4.42 Å². The molecule has 0 saturated carbocycles. The number of hydrogen-bond donors (Lipinski definition) is 0. The van der Waals surface area contributed by atoms with Gasteiger partial charge >= 0.3 is 0 Å². The second-order valence-electron chi connectivity index (χ2n) is 5.33. The molecule has 3 rings (SSSR count). The van der Waals surface area contributed by atoms with Gasteiger partial charge in [-0.05, 0) is 60.7 Å². The van der Waals surface area contributed by atoms with Gasteiger partial charge in [-0.2, -0.15) is 0 Å². The summed E-state index contributed by atoms with van der Waals surface area (Å²) in [6.45, 7) is 0. The van der Waals surface area contributed by atoms with Crippen LogP contribution in [0.1, 0.15) is 16.1 Å². The lowest BCUT2D eigenvalue weighted by molar-refractivity contribution is -0.384. The van der Waals surface area contributed by atoms with Gasteiger partial charge in [-0.1, -0.05) is 27.5 Å². The maximum atomic E-state index is 12.1. The average molecular weight is 433 g/mol. The first kappa shape index (κ1) is 18.1. The van der Waals surface area contributed by atoms with Gasteiger partial charge in [-0.3, -0.25) is 14.9 Å². The Hall–Kier alpha value is -2.70. The van der Waals surface area contributed by atoms with E-state index in [9.17, 15) is 14.9 Å². The van der Waals surface area contributed by atoms with Gasteiger partial charge in [0.05, 0.1) is 4.92 Å². The Bertz CT molecular complexity index is 1010. The highest BCUT2D eigenvalue weighted by Crippen LogP contribution is 2.31. The summed E-state index contributed by atoms with van der Waals surface area (Å²) in [4.78, 5) is 22.6. The fourth-order valence-corrected chi connectivity index (χ4v) is 2.72. The van der Waals surface area contributed by atoms with Gasteiger partial charge in [0.25, 0.3) is 5.69 Å². The van der Waals surface area contributed by atoms with E-state index in [4.69, 9.17) is 16.0 Å². The molecule has 0 radical (unpaired) electrons. The van der Waals surface area contributed by atoms with Gasteiger partial charge in [0.15, 0.2) is 5.78 Å². The van der Waals surface area contributed by atoms with Crippen molar-refractivity contribution in [3.8, 4) is 11.3 Å². The molecule has 7 heteroatoms. The molecule has 3 aromatic rings. The Morgan fingerprint density at radius 1 is 1.12 bits per heavy atom. The largest absolute Gasteiger partial charge is 0.457 e. The molecule has 0 spiro atoms. The summed E-state index contributed by atoms with van der Waals surface area (Å²) < 4.78 is 6.53. The molecule has 0 unspecified atom stereocenters. The maximum Gasteiger partial charge on any atom is 0.288 e. The van der Waals surface area contributed by atoms with E-state index in [1.807, 2.05) is 0 Å². The minimum Gasteiger partial charge on any atom is -0.457 e. The molecule has 26 heavy (non-hydrogen) atoms. The molecule has 1 aromatic heterocycles. The van der Waals surface area contributed by atoms with Crippen molar-refractivity contribution in [1.29, 1.82) is 0 Å².